The summed E-state index contributed by atoms with van der Waals surface area (Å²) in [5.41, 5.74) is 7.00. The molecule has 1 aromatic carbocycles. The topological polar surface area (TPSA) is 79.2 Å². The average Bonchev–Trinajstić information content (AvgIpc) is 2.90. The molecule has 0 saturated carbocycles. The van der Waals surface area contributed by atoms with Crippen LogP contribution in [0.3, 0.4) is 0 Å². The number of aromatic hydroxyl groups is 1. The Bertz CT molecular complexity index is 1050. The molecule has 0 unspecified atom stereocenters. The highest BCUT2D eigenvalue weighted by atomic mass is 16.3. The minimum atomic E-state index is -0.130. The van der Waals surface area contributed by atoms with Crippen LogP contribution in [0.4, 0.5) is 0 Å². The van der Waals surface area contributed by atoms with Gasteiger partial charge in [0.2, 0.25) is 0 Å². The Morgan fingerprint density at radius 1 is 1.37 bits per heavy atom. The molecule has 6 nitrogen and oxygen atoms in total. The van der Waals surface area contributed by atoms with E-state index in [1.54, 1.807) is 12.1 Å². The number of carbonyl (C=O) groups is 1. The summed E-state index contributed by atoms with van der Waals surface area (Å²) in [6, 6.07) is 5.13. The first-order chi connectivity index (χ1) is 13.0. The average molecular weight is 364 g/mol. The standard InChI is InChI=1S/C21H24N4O2/c1-12-18(16-6-7-22-9-14(16)10-23-12)11-24-21(27)20-13(2)25(3)19-5-4-15(26)8-17(19)20/h4-5,8,10,22,26H,6-7,9,11H2,1-3H3,(H,24,27). The summed E-state index contributed by atoms with van der Waals surface area (Å²) in [6.45, 7) is 6.14. The Hall–Kier alpha value is -2.86. The third-order valence-corrected chi connectivity index (χ3v) is 5.60. The number of hydrogen-bond donors (Lipinski definition) is 3. The molecule has 0 aliphatic carbocycles. The first-order valence-corrected chi connectivity index (χ1v) is 9.20. The number of aryl methyl sites for hydroxylation is 2. The summed E-state index contributed by atoms with van der Waals surface area (Å²) in [5, 5.41) is 17.1. The minimum absolute atomic E-state index is 0.130. The molecule has 1 aliphatic rings. The summed E-state index contributed by atoms with van der Waals surface area (Å²) in [4.78, 5) is 17.5. The molecule has 3 N–H and O–H groups in total. The smallest absolute Gasteiger partial charge is 0.254 e. The number of benzene rings is 1. The fourth-order valence-corrected chi connectivity index (χ4v) is 3.98. The minimum Gasteiger partial charge on any atom is -0.508 e. The van der Waals surface area contributed by atoms with E-state index in [0.29, 0.717) is 12.1 Å². The van der Waals surface area contributed by atoms with Crippen molar-refractivity contribution in [3.63, 3.8) is 0 Å². The lowest BCUT2D eigenvalue weighted by Crippen LogP contribution is -2.29. The number of phenolic OH excluding ortho intramolecular Hbond substituents is 1. The van der Waals surface area contributed by atoms with Crippen molar-refractivity contribution < 1.29 is 9.90 Å². The monoisotopic (exact) mass is 364 g/mol. The number of hydrogen-bond acceptors (Lipinski definition) is 4. The lowest BCUT2D eigenvalue weighted by molar-refractivity contribution is 0.0951. The molecular formula is C21H24N4O2. The lowest BCUT2D eigenvalue weighted by Gasteiger charge is -2.21. The molecular weight excluding hydrogens is 340 g/mol. The second kappa shape index (κ2) is 6.70. The fraction of sp³-hybridized carbons (Fsp3) is 0.333. The van der Waals surface area contributed by atoms with Crippen molar-refractivity contribution in [1.82, 2.24) is 20.2 Å². The van der Waals surface area contributed by atoms with Crippen LogP contribution in [-0.2, 0) is 26.6 Å². The highest BCUT2D eigenvalue weighted by Crippen LogP contribution is 2.28. The van der Waals surface area contributed by atoms with Gasteiger partial charge in [-0.25, -0.2) is 0 Å². The van der Waals surface area contributed by atoms with Crippen LogP contribution in [-0.4, -0.2) is 27.1 Å². The van der Waals surface area contributed by atoms with Crippen LogP contribution in [0.25, 0.3) is 10.9 Å². The van der Waals surface area contributed by atoms with E-state index < -0.39 is 0 Å². The largest absolute Gasteiger partial charge is 0.508 e. The number of phenols is 1. The zero-order valence-electron chi connectivity index (χ0n) is 15.9. The number of amides is 1. The molecule has 0 bridgehead atoms. The third kappa shape index (κ3) is 2.96. The summed E-state index contributed by atoms with van der Waals surface area (Å²) in [5.74, 6) is 0.0291. The maximum Gasteiger partial charge on any atom is 0.254 e. The summed E-state index contributed by atoms with van der Waals surface area (Å²) in [7, 11) is 1.93. The fourth-order valence-electron chi connectivity index (χ4n) is 3.98. The SMILES string of the molecule is Cc1ncc2c(c1CNC(=O)c1c(C)n(C)c3ccc(O)cc13)CCNC2. The van der Waals surface area contributed by atoms with Gasteiger partial charge in [0.15, 0.2) is 0 Å². The van der Waals surface area contributed by atoms with Crippen molar-refractivity contribution in [2.24, 2.45) is 7.05 Å². The van der Waals surface area contributed by atoms with Crippen molar-refractivity contribution in [3.05, 3.63) is 58.0 Å². The lowest BCUT2D eigenvalue weighted by atomic mass is 9.96. The van der Waals surface area contributed by atoms with Gasteiger partial charge in [0.05, 0.1) is 5.56 Å². The van der Waals surface area contributed by atoms with Gasteiger partial charge < -0.3 is 20.3 Å². The van der Waals surface area contributed by atoms with Crippen LogP contribution in [0.1, 0.15) is 38.4 Å². The maximum atomic E-state index is 13.0. The second-order valence-electron chi connectivity index (χ2n) is 7.16. The maximum absolute atomic E-state index is 13.0. The molecule has 4 rings (SSSR count). The predicted molar refractivity (Wildman–Crippen MR) is 105 cm³/mol. The van der Waals surface area contributed by atoms with Crippen LogP contribution >= 0.6 is 0 Å². The number of nitrogens with one attached hydrogen (secondary N) is 2. The van der Waals surface area contributed by atoms with Gasteiger partial charge in [0.1, 0.15) is 5.75 Å². The zero-order chi connectivity index (χ0) is 19.1. The van der Waals surface area contributed by atoms with Crippen LogP contribution in [0.5, 0.6) is 5.75 Å². The van der Waals surface area contributed by atoms with E-state index in [1.807, 2.05) is 37.7 Å². The highest BCUT2D eigenvalue weighted by Gasteiger charge is 2.21. The molecule has 0 fully saturated rings. The van der Waals surface area contributed by atoms with E-state index >= 15 is 0 Å². The molecule has 3 heterocycles. The molecule has 1 aliphatic heterocycles. The van der Waals surface area contributed by atoms with Crippen molar-refractivity contribution in [1.29, 1.82) is 0 Å². The molecule has 27 heavy (non-hydrogen) atoms. The Labute approximate surface area is 158 Å². The van der Waals surface area contributed by atoms with Gasteiger partial charge in [-0.05, 0) is 61.7 Å². The first-order valence-electron chi connectivity index (χ1n) is 9.20. The molecule has 2 aromatic heterocycles. The van der Waals surface area contributed by atoms with E-state index in [9.17, 15) is 9.90 Å². The molecule has 140 valence electrons. The van der Waals surface area contributed by atoms with Gasteiger partial charge in [0.25, 0.3) is 5.91 Å². The van der Waals surface area contributed by atoms with Crippen molar-refractivity contribution >= 4 is 16.8 Å². The Balaban J connectivity index is 1.66. The zero-order valence-corrected chi connectivity index (χ0v) is 15.9. The van der Waals surface area contributed by atoms with Gasteiger partial charge in [-0.15, -0.1) is 0 Å². The van der Waals surface area contributed by atoms with Gasteiger partial charge in [-0.3, -0.25) is 9.78 Å². The number of aromatic nitrogens is 2. The number of pyridine rings is 1. The molecule has 0 atom stereocenters. The number of carbonyl (C=O) groups excluding carboxylic acids is 1. The Morgan fingerprint density at radius 2 is 2.19 bits per heavy atom. The van der Waals surface area contributed by atoms with Crippen LogP contribution in [0, 0.1) is 13.8 Å². The molecule has 0 spiro atoms. The van der Waals surface area contributed by atoms with E-state index in [-0.39, 0.29) is 11.7 Å². The van der Waals surface area contributed by atoms with E-state index in [1.165, 1.54) is 11.1 Å². The Kier molecular flexibility index (Phi) is 4.36. The van der Waals surface area contributed by atoms with E-state index in [0.717, 1.165) is 47.4 Å². The van der Waals surface area contributed by atoms with Crippen molar-refractivity contribution in [2.45, 2.75) is 33.4 Å². The summed E-state index contributed by atoms with van der Waals surface area (Å²) in [6.07, 6.45) is 2.88. The molecule has 3 aromatic rings. The summed E-state index contributed by atoms with van der Waals surface area (Å²) < 4.78 is 1.98. The van der Waals surface area contributed by atoms with Crippen molar-refractivity contribution in [2.75, 3.05) is 6.54 Å². The molecule has 1 amide bonds. The van der Waals surface area contributed by atoms with E-state index in [2.05, 4.69) is 15.6 Å². The number of rotatable bonds is 3. The van der Waals surface area contributed by atoms with E-state index in [4.69, 9.17) is 0 Å². The number of nitrogens with zero attached hydrogens (tertiary/aromatic N) is 2. The van der Waals surface area contributed by atoms with Gasteiger partial charge in [0, 0.05) is 48.6 Å². The van der Waals surface area contributed by atoms with Crippen LogP contribution in [0.15, 0.2) is 24.4 Å². The normalized spacial score (nSPS) is 13.6. The predicted octanol–water partition coefficient (Wildman–Crippen LogP) is 2.47. The Morgan fingerprint density at radius 3 is 3.00 bits per heavy atom. The highest BCUT2D eigenvalue weighted by molar-refractivity contribution is 6.08. The van der Waals surface area contributed by atoms with Crippen molar-refractivity contribution in [3.8, 4) is 5.75 Å². The van der Waals surface area contributed by atoms with Crippen LogP contribution in [0.2, 0.25) is 0 Å². The third-order valence-electron chi connectivity index (χ3n) is 5.60. The second-order valence-corrected chi connectivity index (χ2v) is 7.16. The van der Waals surface area contributed by atoms with Gasteiger partial charge in [-0.1, -0.05) is 0 Å². The van der Waals surface area contributed by atoms with Gasteiger partial charge >= 0.3 is 0 Å². The molecule has 0 saturated heterocycles. The van der Waals surface area contributed by atoms with Gasteiger partial charge in [-0.2, -0.15) is 0 Å². The first kappa shape index (κ1) is 17.5. The quantitative estimate of drug-likeness (QED) is 0.667. The molecule has 0 radical (unpaired) electrons. The van der Waals surface area contributed by atoms with Crippen LogP contribution < -0.4 is 10.6 Å². The molecule has 6 heteroatoms. The summed E-state index contributed by atoms with van der Waals surface area (Å²) >= 11 is 0. The number of fused-ring (bicyclic) bond motifs is 2.